The van der Waals surface area contributed by atoms with Crippen LogP contribution in [0.25, 0.3) is 0 Å². The van der Waals surface area contributed by atoms with E-state index in [0.717, 1.165) is 38.8 Å². The summed E-state index contributed by atoms with van der Waals surface area (Å²) in [5, 5.41) is 3.26. The van der Waals surface area contributed by atoms with Gasteiger partial charge >= 0.3 is 0 Å². The van der Waals surface area contributed by atoms with Gasteiger partial charge in [0, 0.05) is 13.1 Å². The Morgan fingerprint density at radius 2 is 1.94 bits per heavy atom. The Morgan fingerprint density at radius 1 is 1.33 bits per heavy atom. The van der Waals surface area contributed by atoms with Gasteiger partial charge in [0.05, 0.1) is 12.1 Å². The molecule has 0 aliphatic carbocycles. The molecule has 1 N–H and O–H groups in total. The molecule has 1 fully saturated rings. The first kappa shape index (κ1) is 15.0. The molecule has 0 aromatic rings. The molecule has 102 valence electrons. The maximum Gasteiger partial charge on any atom is 0.239 e. The fraction of sp³-hybridized carbons (Fsp3) is 0.800. The van der Waals surface area contributed by atoms with Gasteiger partial charge in [-0.3, -0.25) is 10.1 Å². The second-order valence-electron chi connectivity index (χ2n) is 5.14. The number of amides is 1. The summed E-state index contributed by atoms with van der Waals surface area (Å²) >= 11 is 0. The van der Waals surface area contributed by atoms with Crippen molar-refractivity contribution in [3.8, 4) is 12.3 Å². The van der Waals surface area contributed by atoms with Crippen LogP contribution >= 0.6 is 0 Å². The first-order valence-electron chi connectivity index (χ1n) is 7.20. The zero-order chi connectivity index (χ0) is 13.4. The summed E-state index contributed by atoms with van der Waals surface area (Å²) in [5.74, 6) is 2.92. The van der Waals surface area contributed by atoms with Gasteiger partial charge < -0.3 is 4.90 Å². The number of hydrogen-bond acceptors (Lipinski definition) is 2. The van der Waals surface area contributed by atoms with Crippen molar-refractivity contribution in [3.05, 3.63) is 0 Å². The van der Waals surface area contributed by atoms with Gasteiger partial charge in [0.1, 0.15) is 0 Å². The predicted molar refractivity (Wildman–Crippen MR) is 75.2 cm³/mol. The van der Waals surface area contributed by atoms with Gasteiger partial charge in [0.2, 0.25) is 5.91 Å². The number of carbonyl (C=O) groups excluding carboxylic acids is 1. The Balaban J connectivity index is 2.46. The standard InChI is InChI=1S/C15H26N2O/c1-4-10-14(5-2)16-13(3)15(18)17-11-8-6-7-9-12-17/h2,13-14,16H,4,6-12H2,1,3H3. The Labute approximate surface area is 111 Å². The van der Waals surface area contributed by atoms with Gasteiger partial charge in [-0.15, -0.1) is 6.42 Å². The zero-order valence-electron chi connectivity index (χ0n) is 11.7. The van der Waals surface area contributed by atoms with Crippen molar-refractivity contribution < 1.29 is 4.79 Å². The summed E-state index contributed by atoms with van der Waals surface area (Å²) in [5.41, 5.74) is 0. The van der Waals surface area contributed by atoms with Gasteiger partial charge in [0.15, 0.2) is 0 Å². The lowest BCUT2D eigenvalue weighted by Crippen LogP contribution is -2.48. The Kier molecular flexibility index (Phi) is 6.82. The van der Waals surface area contributed by atoms with Gasteiger partial charge in [-0.1, -0.05) is 32.1 Å². The third-order valence-electron chi connectivity index (χ3n) is 3.52. The summed E-state index contributed by atoms with van der Waals surface area (Å²) in [6.07, 6.45) is 12.2. The first-order chi connectivity index (χ1) is 8.69. The van der Waals surface area contributed by atoms with E-state index in [1.54, 1.807) is 0 Å². The summed E-state index contributed by atoms with van der Waals surface area (Å²) in [6, 6.07) is -0.156. The predicted octanol–water partition coefficient (Wildman–Crippen LogP) is 2.17. The molecule has 1 aliphatic heterocycles. The minimum atomic E-state index is -0.171. The third kappa shape index (κ3) is 4.70. The zero-order valence-corrected chi connectivity index (χ0v) is 11.7. The van der Waals surface area contributed by atoms with E-state index in [-0.39, 0.29) is 18.0 Å². The van der Waals surface area contributed by atoms with Crippen molar-refractivity contribution >= 4 is 5.91 Å². The summed E-state index contributed by atoms with van der Waals surface area (Å²) in [4.78, 5) is 14.3. The molecule has 2 unspecified atom stereocenters. The molecule has 3 nitrogen and oxygen atoms in total. The number of hydrogen-bond donors (Lipinski definition) is 1. The van der Waals surface area contributed by atoms with Crippen LogP contribution in [0.5, 0.6) is 0 Å². The van der Waals surface area contributed by atoms with Crippen LogP contribution in [-0.2, 0) is 4.79 Å². The average Bonchev–Trinajstić information content (AvgIpc) is 2.65. The van der Waals surface area contributed by atoms with Gasteiger partial charge in [-0.05, 0) is 26.2 Å². The van der Waals surface area contributed by atoms with Crippen LogP contribution in [0.15, 0.2) is 0 Å². The topological polar surface area (TPSA) is 32.3 Å². The number of carbonyl (C=O) groups is 1. The minimum Gasteiger partial charge on any atom is -0.341 e. The molecule has 0 aromatic heterocycles. The molecule has 1 amide bonds. The van der Waals surface area contributed by atoms with Crippen molar-refractivity contribution in [2.75, 3.05) is 13.1 Å². The van der Waals surface area contributed by atoms with E-state index in [2.05, 4.69) is 18.2 Å². The number of nitrogens with zero attached hydrogens (tertiary/aromatic N) is 1. The minimum absolute atomic E-state index is 0.0147. The highest BCUT2D eigenvalue weighted by molar-refractivity contribution is 5.81. The molecular weight excluding hydrogens is 224 g/mol. The number of rotatable bonds is 5. The molecular formula is C15H26N2O. The molecule has 0 radical (unpaired) electrons. The highest BCUT2D eigenvalue weighted by Gasteiger charge is 2.22. The summed E-state index contributed by atoms with van der Waals surface area (Å²) in [6.45, 7) is 5.83. The highest BCUT2D eigenvalue weighted by atomic mass is 16.2. The van der Waals surface area contributed by atoms with Crippen LogP contribution in [0.4, 0.5) is 0 Å². The van der Waals surface area contributed by atoms with E-state index >= 15 is 0 Å². The van der Waals surface area contributed by atoms with Gasteiger partial charge in [-0.2, -0.15) is 0 Å². The Bertz CT molecular complexity index is 287. The van der Waals surface area contributed by atoms with Crippen molar-refractivity contribution in [2.24, 2.45) is 0 Å². The summed E-state index contributed by atoms with van der Waals surface area (Å²) in [7, 11) is 0. The maximum atomic E-state index is 12.3. The van der Waals surface area contributed by atoms with E-state index in [4.69, 9.17) is 6.42 Å². The van der Waals surface area contributed by atoms with Gasteiger partial charge in [0.25, 0.3) is 0 Å². The molecule has 1 rings (SSSR count). The third-order valence-corrected chi connectivity index (χ3v) is 3.52. The lowest BCUT2D eigenvalue weighted by atomic mass is 10.1. The summed E-state index contributed by atoms with van der Waals surface area (Å²) < 4.78 is 0. The van der Waals surface area contributed by atoms with Crippen molar-refractivity contribution in [3.63, 3.8) is 0 Å². The second kappa shape index (κ2) is 8.16. The lowest BCUT2D eigenvalue weighted by Gasteiger charge is -2.26. The molecule has 0 bridgehead atoms. The first-order valence-corrected chi connectivity index (χ1v) is 7.20. The normalized spacial score (nSPS) is 19.7. The van der Waals surface area contributed by atoms with Crippen LogP contribution in [0, 0.1) is 12.3 Å². The van der Waals surface area contributed by atoms with Crippen LogP contribution in [0.3, 0.4) is 0 Å². The smallest absolute Gasteiger partial charge is 0.239 e. The molecule has 1 saturated heterocycles. The quantitative estimate of drug-likeness (QED) is 0.758. The molecule has 3 heteroatoms. The fourth-order valence-corrected chi connectivity index (χ4v) is 2.44. The van der Waals surface area contributed by atoms with E-state index in [1.165, 1.54) is 12.8 Å². The number of nitrogens with one attached hydrogen (secondary N) is 1. The molecule has 2 atom stereocenters. The molecule has 1 aliphatic rings. The van der Waals surface area contributed by atoms with Crippen LogP contribution in [0.1, 0.15) is 52.4 Å². The van der Waals surface area contributed by atoms with E-state index in [9.17, 15) is 4.79 Å². The highest BCUT2D eigenvalue weighted by Crippen LogP contribution is 2.11. The molecule has 1 heterocycles. The van der Waals surface area contributed by atoms with Crippen molar-refractivity contribution in [1.29, 1.82) is 0 Å². The second-order valence-corrected chi connectivity index (χ2v) is 5.14. The fourth-order valence-electron chi connectivity index (χ4n) is 2.44. The average molecular weight is 250 g/mol. The lowest BCUT2D eigenvalue weighted by molar-refractivity contribution is -0.133. The molecule has 0 spiro atoms. The largest absolute Gasteiger partial charge is 0.341 e. The monoisotopic (exact) mass is 250 g/mol. The SMILES string of the molecule is C#CC(CCC)NC(C)C(=O)N1CCCCCC1. The van der Waals surface area contributed by atoms with Crippen LogP contribution in [0.2, 0.25) is 0 Å². The van der Waals surface area contributed by atoms with Crippen LogP contribution in [-0.4, -0.2) is 36.0 Å². The van der Waals surface area contributed by atoms with E-state index in [0.29, 0.717) is 0 Å². The maximum absolute atomic E-state index is 12.3. The molecule has 0 saturated carbocycles. The number of likely N-dealkylation sites (tertiary alicyclic amines) is 1. The molecule has 0 aromatic carbocycles. The van der Waals surface area contributed by atoms with Crippen molar-refractivity contribution in [2.45, 2.75) is 64.5 Å². The van der Waals surface area contributed by atoms with Crippen molar-refractivity contribution in [1.82, 2.24) is 10.2 Å². The Hall–Kier alpha value is -1.01. The van der Waals surface area contributed by atoms with E-state index in [1.807, 2.05) is 11.8 Å². The molecule has 18 heavy (non-hydrogen) atoms. The number of terminal acetylenes is 1. The van der Waals surface area contributed by atoms with Gasteiger partial charge in [-0.25, -0.2) is 0 Å². The van der Waals surface area contributed by atoms with Crippen LogP contribution < -0.4 is 5.32 Å². The Morgan fingerprint density at radius 3 is 2.44 bits per heavy atom. The van der Waals surface area contributed by atoms with E-state index < -0.39 is 0 Å².